The third-order valence-electron chi connectivity index (χ3n) is 6.07. The van der Waals surface area contributed by atoms with Crippen molar-refractivity contribution in [1.82, 2.24) is 9.88 Å². The van der Waals surface area contributed by atoms with E-state index in [1.165, 1.54) is 0 Å². The highest BCUT2D eigenvalue weighted by molar-refractivity contribution is 6.00. The van der Waals surface area contributed by atoms with Crippen LogP contribution in [0.4, 0.5) is 0 Å². The number of ether oxygens (including phenoxy) is 2. The molecule has 0 bridgehead atoms. The second-order valence-electron chi connectivity index (χ2n) is 8.40. The quantitative estimate of drug-likeness (QED) is 0.329. The molecule has 0 saturated carbocycles. The first-order chi connectivity index (χ1) is 17.9. The van der Waals surface area contributed by atoms with Crippen LogP contribution in [0.1, 0.15) is 22.8 Å². The number of amides is 1. The van der Waals surface area contributed by atoms with Gasteiger partial charge in [-0.05, 0) is 53.9 Å². The van der Waals surface area contributed by atoms with E-state index in [1.807, 2.05) is 61.5 Å². The molecule has 0 aliphatic rings. The van der Waals surface area contributed by atoms with Gasteiger partial charge >= 0.3 is 5.97 Å². The van der Waals surface area contributed by atoms with Crippen molar-refractivity contribution in [3.05, 3.63) is 84.1 Å². The number of nitriles is 1. The first-order valence-corrected chi connectivity index (χ1v) is 11.8. The molecule has 0 aliphatic heterocycles. The summed E-state index contributed by atoms with van der Waals surface area (Å²) in [4.78, 5) is 25.6. The average Bonchev–Trinajstić information content (AvgIpc) is 3.26. The molecule has 0 fully saturated rings. The van der Waals surface area contributed by atoms with Crippen LogP contribution >= 0.6 is 0 Å². The molecular formula is C29H27N3O5. The highest BCUT2D eigenvalue weighted by atomic mass is 16.5. The van der Waals surface area contributed by atoms with Gasteiger partial charge in [0.15, 0.2) is 0 Å². The fourth-order valence-electron chi connectivity index (χ4n) is 4.32. The zero-order chi connectivity index (χ0) is 26.4. The standard InChI is InChI=1S/C29H27N3O5/c1-3-37-27-12-11-20(19-7-6-8-22(15-19)36-2)16-24(27)28(33)31-25(29(34)35)17-21-18-32(14-13-30)26-10-5-4-9-23(21)26/h4-12,15-16,18,25H,3,14,17H2,1-2H3,(H,31,33)(H,34,35)/t25-/m1/s1. The van der Waals surface area contributed by atoms with Crippen molar-refractivity contribution >= 4 is 22.8 Å². The molecule has 0 saturated heterocycles. The van der Waals surface area contributed by atoms with Crippen LogP contribution in [-0.4, -0.2) is 41.3 Å². The molecule has 0 unspecified atom stereocenters. The molecule has 3 aromatic carbocycles. The van der Waals surface area contributed by atoms with E-state index < -0.39 is 17.9 Å². The number of rotatable bonds is 10. The number of carboxylic acids is 1. The summed E-state index contributed by atoms with van der Waals surface area (Å²) in [7, 11) is 1.58. The molecule has 1 atom stereocenters. The van der Waals surface area contributed by atoms with E-state index in [0.717, 1.165) is 27.6 Å². The minimum Gasteiger partial charge on any atom is -0.497 e. The van der Waals surface area contributed by atoms with Crippen LogP contribution in [0.2, 0.25) is 0 Å². The van der Waals surface area contributed by atoms with E-state index >= 15 is 0 Å². The molecule has 0 aliphatic carbocycles. The number of hydrogen-bond acceptors (Lipinski definition) is 5. The van der Waals surface area contributed by atoms with Crippen LogP contribution in [-0.2, 0) is 17.8 Å². The monoisotopic (exact) mass is 497 g/mol. The average molecular weight is 498 g/mol. The van der Waals surface area contributed by atoms with Gasteiger partial charge in [-0.15, -0.1) is 0 Å². The van der Waals surface area contributed by atoms with Crippen molar-refractivity contribution in [2.45, 2.75) is 25.9 Å². The van der Waals surface area contributed by atoms with Crippen molar-refractivity contribution in [2.75, 3.05) is 13.7 Å². The maximum absolute atomic E-state index is 13.4. The summed E-state index contributed by atoms with van der Waals surface area (Å²) in [6.45, 7) is 2.30. The third kappa shape index (κ3) is 5.57. The first kappa shape index (κ1) is 25.3. The zero-order valence-electron chi connectivity index (χ0n) is 20.6. The lowest BCUT2D eigenvalue weighted by molar-refractivity contribution is -0.139. The van der Waals surface area contributed by atoms with Crippen LogP contribution in [0.3, 0.4) is 0 Å². The second kappa shape index (κ2) is 11.3. The largest absolute Gasteiger partial charge is 0.497 e. The van der Waals surface area contributed by atoms with Gasteiger partial charge in [-0.1, -0.05) is 36.4 Å². The van der Waals surface area contributed by atoms with Crippen LogP contribution < -0.4 is 14.8 Å². The number of carbonyl (C=O) groups excluding carboxylic acids is 1. The van der Waals surface area contributed by atoms with Crippen molar-refractivity contribution in [3.63, 3.8) is 0 Å². The topological polar surface area (TPSA) is 114 Å². The number of hydrogen-bond donors (Lipinski definition) is 2. The number of methoxy groups -OCH3 is 1. The Labute approximate surface area is 214 Å². The Morgan fingerprint density at radius 3 is 2.59 bits per heavy atom. The van der Waals surface area contributed by atoms with E-state index in [2.05, 4.69) is 11.4 Å². The highest BCUT2D eigenvalue weighted by Crippen LogP contribution is 2.29. The Kier molecular flexibility index (Phi) is 7.74. The number of carbonyl (C=O) groups is 2. The summed E-state index contributed by atoms with van der Waals surface area (Å²) in [5.74, 6) is -0.672. The lowest BCUT2D eigenvalue weighted by Crippen LogP contribution is -2.42. The Bertz CT molecular complexity index is 1480. The van der Waals surface area contributed by atoms with E-state index in [9.17, 15) is 14.7 Å². The lowest BCUT2D eigenvalue weighted by Gasteiger charge is -2.17. The van der Waals surface area contributed by atoms with Crippen molar-refractivity contribution in [1.29, 1.82) is 5.26 Å². The van der Waals surface area contributed by atoms with Crippen LogP contribution in [0.25, 0.3) is 22.0 Å². The minimum absolute atomic E-state index is 0.0551. The summed E-state index contributed by atoms with van der Waals surface area (Å²) < 4.78 is 12.8. The molecule has 1 heterocycles. The smallest absolute Gasteiger partial charge is 0.326 e. The zero-order valence-corrected chi connectivity index (χ0v) is 20.6. The number of para-hydroxylation sites is 1. The van der Waals surface area contributed by atoms with Gasteiger partial charge in [0.05, 0.1) is 25.3 Å². The first-order valence-electron chi connectivity index (χ1n) is 11.8. The van der Waals surface area contributed by atoms with E-state index in [1.54, 1.807) is 30.0 Å². The summed E-state index contributed by atoms with van der Waals surface area (Å²) in [5, 5.41) is 22.6. The highest BCUT2D eigenvalue weighted by Gasteiger charge is 2.25. The Morgan fingerprint density at radius 2 is 1.86 bits per heavy atom. The maximum atomic E-state index is 13.4. The fraction of sp³-hybridized carbons (Fsp3) is 0.207. The molecule has 4 rings (SSSR count). The number of fused-ring (bicyclic) bond motifs is 1. The van der Waals surface area contributed by atoms with Crippen molar-refractivity contribution in [3.8, 4) is 28.7 Å². The molecule has 1 amide bonds. The number of nitrogens with one attached hydrogen (secondary N) is 1. The predicted molar refractivity (Wildman–Crippen MR) is 140 cm³/mol. The number of benzene rings is 3. The van der Waals surface area contributed by atoms with Gasteiger partial charge in [-0.25, -0.2) is 4.79 Å². The predicted octanol–water partition coefficient (Wildman–Crippen LogP) is 4.66. The normalized spacial score (nSPS) is 11.5. The third-order valence-corrected chi connectivity index (χ3v) is 6.07. The van der Waals surface area contributed by atoms with Gasteiger partial charge in [-0.2, -0.15) is 5.26 Å². The van der Waals surface area contributed by atoms with E-state index in [4.69, 9.17) is 14.7 Å². The van der Waals surface area contributed by atoms with Crippen molar-refractivity contribution < 1.29 is 24.2 Å². The molecule has 8 nitrogen and oxygen atoms in total. The molecule has 188 valence electrons. The van der Waals surface area contributed by atoms with E-state index in [-0.39, 0.29) is 18.5 Å². The second-order valence-corrected chi connectivity index (χ2v) is 8.40. The van der Waals surface area contributed by atoms with Gasteiger partial charge < -0.3 is 24.5 Å². The van der Waals surface area contributed by atoms with Crippen LogP contribution in [0.15, 0.2) is 72.9 Å². The molecule has 1 aromatic heterocycles. The van der Waals surface area contributed by atoms with Gasteiger partial charge in [0, 0.05) is 23.5 Å². The molecule has 2 N–H and O–H groups in total. The molecule has 4 aromatic rings. The Morgan fingerprint density at radius 1 is 1.08 bits per heavy atom. The summed E-state index contributed by atoms with van der Waals surface area (Å²) >= 11 is 0. The van der Waals surface area contributed by atoms with Crippen LogP contribution in [0.5, 0.6) is 11.5 Å². The van der Waals surface area contributed by atoms with Gasteiger partial charge in [0.2, 0.25) is 0 Å². The maximum Gasteiger partial charge on any atom is 0.326 e. The van der Waals surface area contributed by atoms with Gasteiger partial charge in [0.1, 0.15) is 24.1 Å². The molecule has 8 heteroatoms. The fourth-order valence-corrected chi connectivity index (χ4v) is 4.32. The summed E-state index contributed by atoms with van der Waals surface area (Å²) in [5.41, 5.74) is 3.41. The van der Waals surface area contributed by atoms with Crippen molar-refractivity contribution in [2.24, 2.45) is 0 Å². The Hall–Kier alpha value is -4.77. The number of nitrogens with zero attached hydrogens (tertiary/aromatic N) is 2. The minimum atomic E-state index is -1.19. The number of aliphatic carboxylic acids is 1. The number of aromatic nitrogens is 1. The van der Waals surface area contributed by atoms with Crippen LogP contribution in [0, 0.1) is 11.3 Å². The van der Waals surface area contributed by atoms with E-state index in [0.29, 0.717) is 18.1 Å². The SMILES string of the molecule is CCOc1ccc(-c2cccc(OC)c2)cc1C(=O)N[C@H](Cc1cn(CC#N)c2ccccc12)C(=O)O. The molecule has 0 spiro atoms. The summed E-state index contributed by atoms with van der Waals surface area (Å²) in [6.07, 6.45) is 1.82. The summed E-state index contributed by atoms with van der Waals surface area (Å²) in [6, 6.07) is 21.1. The molecule has 37 heavy (non-hydrogen) atoms. The lowest BCUT2D eigenvalue weighted by atomic mass is 10.0. The van der Waals surface area contributed by atoms with Gasteiger partial charge in [-0.3, -0.25) is 4.79 Å². The molecule has 0 radical (unpaired) electrons. The molecular weight excluding hydrogens is 470 g/mol. The Balaban J connectivity index is 1.65. The van der Waals surface area contributed by atoms with Gasteiger partial charge in [0.25, 0.3) is 5.91 Å². The number of carboxylic acid groups (broad SMARTS) is 1.